The lowest BCUT2D eigenvalue weighted by molar-refractivity contribution is 0.214. The molecule has 1 heterocycles. The number of nitrogens with one attached hydrogen (secondary N) is 1. The van der Waals surface area contributed by atoms with Gasteiger partial charge in [0.15, 0.2) is 5.96 Å². The van der Waals surface area contributed by atoms with Crippen LogP contribution in [0.4, 0.5) is 5.69 Å². The van der Waals surface area contributed by atoms with Crippen molar-refractivity contribution < 1.29 is 9.47 Å². The van der Waals surface area contributed by atoms with Crippen molar-refractivity contribution in [1.82, 2.24) is 4.90 Å². The van der Waals surface area contributed by atoms with Gasteiger partial charge in [-0.25, -0.2) is 0 Å². The van der Waals surface area contributed by atoms with E-state index >= 15 is 0 Å². The fourth-order valence-electron chi connectivity index (χ4n) is 2.97. The van der Waals surface area contributed by atoms with Crippen molar-refractivity contribution in [3.8, 4) is 11.5 Å². The molecule has 0 bridgehead atoms. The van der Waals surface area contributed by atoms with Crippen LogP contribution in [0.15, 0.2) is 23.2 Å². The van der Waals surface area contributed by atoms with E-state index in [1.807, 2.05) is 32.0 Å². The second-order valence-corrected chi connectivity index (χ2v) is 6.15. The molecule has 0 radical (unpaired) electrons. The summed E-state index contributed by atoms with van der Waals surface area (Å²) >= 11 is 0. The molecule has 0 spiro atoms. The van der Waals surface area contributed by atoms with Gasteiger partial charge in [0.05, 0.1) is 18.9 Å². The van der Waals surface area contributed by atoms with Gasteiger partial charge in [0.1, 0.15) is 11.5 Å². The van der Waals surface area contributed by atoms with Gasteiger partial charge in [-0.05, 0) is 58.3 Å². The number of anilines is 1. The van der Waals surface area contributed by atoms with E-state index in [-0.39, 0.29) is 24.0 Å². The van der Waals surface area contributed by atoms with E-state index in [4.69, 9.17) is 15.2 Å². The Morgan fingerprint density at radius 1 is 1.32 bits per heavy atom. The minimum Gasteiger partial charge on any atom is -0.494 e. The fourth-order valence-corrected chi connectivity index (χ4v) is 2.97. The first-order valence-corrected chi connectivity index (χ1v) is 8.77. The molecule has 1 aromatic rings. The number of guanidine groups is 1. The standard InChI is InChI=1S/C18H30N4O2.HI/c1-4-23-15-8-9-17(24-5-2)16(11-15)21-18(19)20-12-14-7-6-10-22(3)13-14;/h8-9,11,14H,4-7,10,12-13H2,1-3H3,(H3,19,20,21);1H. The number of benzene rings is 1. The Kier molecular flexibility index (Phi) is 9.96. The molecule has 0 amide bonds. The Labute approximate surface area is 168 Å². The van der Waals surface area contributed by atoms with Crippen LogP contribution in [0, 0.1) is 5.92 Å². The highest BCUT2D eigenvalue weighted by molar-refractivity contribution is 14.0. The van der Waals surface area contributed by atoms with E-state index in [0.717, 1.165) is 30.3 Å². The molecule has 0 saturated carbocycles. The predicted molar refractivity (Wildman–Crippen MR) is 115 cm³/mol. The van der Waals surface area contributed by atoms with Crippen molar-refractivity contribution >= 4 is 35.6 Å². The number of halogens is 1. The van der Waals surface area contributed by atoms with Gasteiger partial charge in [-0.15, -0.1) is 24.0 Å². The lowest BCUT2D eigenvalue weighted by Gasteiger charge is -2.28. The van der Waals surface area contributed by atoms with Crippen LogP contribution in [0.2, 0.25) is 0 Å². The average molecular weight is 462 g/mol. The maximum Gasteiger partial charge on any atom is 0.193 e. The lowest BCUT2D eigenvalue weighted by Crippen LogP contribution is -2.34. The number of likely N-dealkylation sites (tertiary alicyclic amines) is 1. The highest BCUT2D eigenvalue weighted by Gasteiger charge is 2.16. The summed E-state index contributed by atoms with van der Waals surface area (Å²) in [4.78, 5) is 6.87. The van der Waals surface area contributed by atoms with Crippen LogP contribution < -0.4 is 20.5 Å². The zero-order valence-corrected chi connectivity index (χ0v) is 17.8. The molecule has 3 N–H and O–H groups in total. The predicted octanol–water partition coefficient (Wildman–Crippen LogP) is 3.17. The molecule has 0 aromatic heterocycles. The summed E-state index contributed by atoms with van der Waals surface area (Å²) in [7, 11) is 2.16. The van der Waals surface area contributed by atoms with Crippen molar-refractivity contribution in [3.05, 3.63) is 18.2 Å². The quantitative estimate of drug-likeness (QED) is 0.370. The summed E-state index contributed by atoms with van der Waals surface area (Å²) in [5, 5.41) is 3.15. The summed E-state index contributed by atoms with van der Waals surface area (Å²) in [6.07, 6.45) is 2.44. The maximum absolute atomic E-state index is 6.08. The van der Waals surface area contributed by atoms with Crippen molar-refractivity contribution in [2.24, 2.45) is 16.6 Å². The number of hydrogen-bond acceptors (Lipinski definition) is 4. The number of aliphatic imine (C=N–C) groups is 1. The van der Waals surface area contributed by atoms with Crippen LogP contribution >= 0.6 is 24.0 Å². The third-order valence-corrected chi connectivity index (χ3v) is 4.07. The number of ether oxygens (including phenoxy) is 2. The monoisotopic (exact) mass is 462 g/mol. The Morgan fingerprint density at radius 2 is 2.08 bits per heavy atom. The SMILES string of the molecule is CCOc1ccc(OCC)c(NC(N)=NCC2CCCN(C)C2)c1.I. The zero-order chi connectivity index (χ0) is 17.4. The number of nitrogens with two attached hydrogens (primary N) is 1. The van der Waals surface area contributed by atoms with Crippen LogP contribution in [0.1, 0.15) is 26.7 Å². The molecular formula is C18H31IN4O2. The molecule has 1 unspecified atom stereocenters. The molecule has 142 valence electrons. The normalized spacial score (nSPS) is 18.4. The summed E-state index contributed by atoms with van der Waals surface area (Å²) in [6.45, 7) is 8.13. The Balaban J connectivity index is 0.00000312. The third-order valence-electron chi connectivity index (χ3n) is 4.07. The molecule has 7 heteroatoms. The van der Waals surface area contributed by atoms with E-state index < -0.39 is 0 Å². The third kappa shape index (κ3) is 7.27. The Morgan fingerprint density at radius 3 is 2.76 bits per heavy atom. The topological polar surface area (TPSA) is 72.1 Å². The molecule has 0 aliphatic carbocycles. The van der Waals surface area contributed by atoms with Crippen LogP contribution in [0.25, 0.3) is 0 Å². The number of piperidine rings is 1. The molecule has 1 fully saturated rings. The van der Waals surface area contributed by atoms with Gasteiger partial charge < -0.3 is 25.4 Å². The van der Waals surface area contributed by atoms with Gasteiger partial charge in [0.25, 0.3) is 0 Å². The molecule has 6 nitrogen and oxygen atoms in total. The molecule has 1 saturated heterocycles. The molecular weight excluding hydrogens is 431 g/mol. The molecule has 1 aliphatic rings. The summed E-state index contributed by atoms with van der Waals surface area (Å²) in [5.74, 6) is 2.52. The van der Waals surface area contributed by atoms with Crippen LogP contribution in [-0.4, -0.2) is 50.8 Å². The van der Waals surface area contributed by atoms with Crippen LogP contribution in [0.5, 0.6) is 11.5 Å². The van der Waals surface area contributed by atoms with Gasteiger partial charge in [-0.1, -0.05) is 0 Å². The minimum atomic E-state index is 0. The highest BCUT2D eigenvalue weighted by Crippen LogP contribution is 2.29. The summed E-state index contributed by atoms with van der Waals surface area (Å²) in [6, 6.07) is 5.68. The minimum absolute atomic E-state index is 0. The van der Waals surface area contributed by atoms with Crippen molar-refractivity contribution in [1.29, 1.82) is 0 Å². The number of rotatable bonds is 7. The average Bonchev–Trinajstić information content (AvgIpc) is 2.56. The Hall–Kier alpha value is -1.22. The van der Waals surface area contributed by atoms with Crippen LogP contribution in [-0.2, 0) is 0 Å². The smallest absolute Gasteiger partial charge is 0.193 e. The highest BCUT2D eigenvalue weighted by atomic mass is 127. The largest absolute Gasteiger partial charge is 0.494 e. The first-order valence-electron chi connectivity index (χ1n) is 8.77. The first-order chi connectivity index (χ1) is 11.6. The van der Waals surface area contributed by atoms with Crippen molar-refractivity contribution in [3.63, 3.8) is 0 Å². The van der Waals surface area contributed by atoms with Gasteiger partial charge in [-0.2, -0.15) is 0 Å². The van der Waals surface area contributed by atoms with Crippen molar-refractivity contribution in [2.75, 3.05) is 45.2 Å². The van der Waals surface area contributed by atoms with Gasteiger partial charge in [-0.3, -0.25) is 4.99 Å². The van der Waals surface area contributed by atoms with E-state index in [0.29, 0.717) is 25.1 Å². The van der Waals surface area contributed by atoms with E-state index in [1.54, 1.807) is 0 Å². The second kappa shape index (κ2) is 11.4. The zero-order valence-electron chi connectivity index (χ0n) is 15.5. The lowest BCUT2D eigenvalue weighted by atomic mass is 9.99. The van der Waals surface area contributed by atoms with E-state index in [9.17, 15) is 0 Å². The Bertz CT molecular complexity index is 554. The summed E-state index contributed by atoms with van der Waals surface area (Å²) < 4.78 is 11.2. The molecule has 1 aliphatic heterocycles. The fraction of sp³-hybridized carbons (Fsp3) is 0.611. The van der Waals surface area contributed by atoms with Gasteiger partial charge >= 0.3 is 0 Å². The van der Waals surface area contributed by atoms with E-state index in [1.165, 1.54) is 19.4 Å². The van der Waals surface area contributed by atoms with Crippen molar-refractivity contribution in [2.45, 2.75) is 26.7 Å². The first kappa shape index (κ1) is 21.8. The second-order valence-electron chi connectivity index (χ2n) is 6.15. The molecule has 1 aromatic carbocycles. The molecule has 25 heavy (non-hydrogen) atoms. The van der Waals surface area contributed by atoms with E-state index in [2.05, 4.69) is 22.3 Å². The maximum atomic E-state index is 6.08. The van der Waals surface area contributed by atoms with Crippen LogP contribution in [0.3, 0.4) is 0 Å². The summed E-state index contributed by atoms with van der Waals surface area (Å²) in [5.41, 5.74) is 6.86. The van der Waals surface area contributed by atoms with Gasteiger partial charge in [0, 0.05) is 19.2 Å². The van der Waals surface area contributed by atoms with Gasteiger partial charge in [0.2, 0.25) is 0 Å². The number of hydrogen-bond donors (Lipinski definition) is 2. The number of nitrogens with zero attached hydrogens (tertiary/aromatic N) is 2. The molecule has 1 atom stereocenters. The molecule has 2 rings (SSSR count).